The van der Waals surface area contributed by atoms with Crippen LogP contribution < -0.4 is 10.6 Å². The molecule has 1 aromatic rings. The molecule has 1 unspecified atom stereocenters. The lowest BCUT2D eigenvalue weighted by Gasteiger charge is -2.40. The van der Waals surface area contributed by atoms with Crippen LogP contribution in [0.25, 0.3) is 0 Å². The van der Waals surface area contributed by atoms with Gasteiger partial charge in [-0.2, -0.15) is 0 Å². The number of hydrogen-bond donors (Lipinski definition) is 2. The molecule has 0 aromatic heterocycles. The van der Waals surface area contributed by atoms with Gasteiger partial charge in [0, 0.05) is 36.9 Å². The predicted molar refractivity (Wildman–Crippen MR) is 82.6 cm³/mol. The van der Waals surface area contributed by atoms with E-state index in [4.69, 9.17) is 10.9 Å². The van der Waals surface area contributed by atoms with Gasteiger partial charge in [0.25, 0.3) is 0 Å². The molecule has 0 radical (unpaired) electrons. The molecule has 0 amide bonds. The van der Waals surface area contributed by atoms with Crippen LogP contribution in [-0.4, -0.2) is 48.7 Å². The van der Waals surface area contributed by atoms with Gasteiger partial charge in [0.2, 0.25) is 0 Å². The van der Waals surface area contributed by atoms with Crippen molar-refractivity contribution in [2.24, 2.45) is 10.9 Å². The highest BCUT2D eigenvalue weighted by molar-refractivity contribution is 5.98. The van der Waals surface area contributed by atoms with Crippen LogP contribution >= 0.6 is 0 Å². The van der Waals surface area contributed by atoms with E-state index in [0.29, 0.717) is 6.04 Å². The number of piperazine rings is 1. The third-order valence-corrected chi connectivity index (χ3v) is 4.21. The quantitative estimate of drug-likeness (QED) is 0.381. The third kappa shape index (κ3) is 2.88. The summed E-state index contributed by atoms with van der Waals surface area (Å²) in [4.78, 5) is 4.84. The molecule has 110 valence electrons. The number of oxime groups is 1. The summed E-state index contributed by atoms with van der Waals surface area (Å²) < 4.78 is 0. The smallest absolute Gasteiger partial charge is 0.170 e. The molecule has 1 aromatic carbocycles. The van der Waals surface area contributed by atoms with Gasteiger partial charge in [-0.05, 0) is 44.2 Å². The van der Waals surface area contributed by atoms with Gasteiger partial charge in [-0.3, -0.25) is 4.90 Å². The second-order valence-corrected chi connectivity index (χ2v) is 5.47. The zero-order chi connectivity index (χ0) is 14.7. The molecule has 0 aliphatic carbocycles. The Bertz CT molecular complexity index is 501. The summed E-state index contributed by atoms with van der Waals surface area (Å²) in [6, 6.07) is 6.70. The van der Waals surface area contributed by atoms with Gasteiger partial charge in [-0.15, -0.1) is 0 Å². The van der Waals surface area contributed by atoms with E-state index in [1.54, 1.807) is 0 Å². The number of amidine groups is 1. The first kappa shape index (κ1) is 14.7. The Hall–Kier alpha value is -1.75. The van der Waals surface area contributed by atoms with Crippen LogP contribution in [0.15, 0.2) is 23.4 Å². The van der Waals surface area contributed by atoms with Crippen LogP contribution in [0.2, 0.25) is 0 Å². The molecule has 1 atom stereocenters. The molecule has 2 rings (SSSR count). The topological polar surface area (TPSA) is 65.1 Å². The van der Waals surface area contributed by atoms with E-state index in [-0.39, 0.29) is 5.84 Å². The molecule has 1 aliphatic heterocycles. The maximum atomic E-state index is 8.77. The molecule has 1 aliphatic rings. The van der Waals surface area contributed by atoms with E-state index >= 15 is 0 Å². The summed E-state index contributed by atoms with van der Waals surface area (Å²) >= 11 is 0. The molecule has 1 saturated heterocycles. The Morgan fingerprint density at radius 3 is 2.80 bits per heavy atom. The van der Waals surface area contributed by atoms with Crippen molar-refractivity contribution in [2.75, 3.05) is 31.6 Å². The van der Waals surface area contributed by atoms with Crippen molar-refractivity contribution in [3.63, 3.8) is 0 Å². The first-order valence-electron chi connectivity index (χ1n) is 7.10. The lowest BCUT2D eigenvalue weighted by Crippen LogP contribution is -2.51. The van der Waals surface area contributed by atoms with Gasteiger partial charge in [0.15, 0.2) is 5.84 Å². The van der Waals surface area contributed by atoms with Crippen molar-refractivity contribution < 1.29 is 5.21 Å². The molecule has 20 heavy (non-hydrogen) atoms. The number of benzene rings is 1. The predicted octanol–water partition coefficient (Wildman–Crippen LogP) is 1.62. The summed E-state index contributed by atoms with van der Waals surface area (Å²) in [6.45, 7) is 7.39. The average molecular weight is 276 g/mol. The Balaban J connectivity index is 2.20. The first-order valence-corrected chi connectivity index (χ1v) is 7.10. The van der Waals surface area contributed by atoms with Crippen molar-refractivity contribution in [3.05, 3.63) is 29.3 Å². The molecule has 3 N–H and O–H groups in total. The minimum Gasteiger partial charge on any atom is -0.409 e. The number of rotatable bonds is 3. The van der Waals surface area contributed by atoms with Crippen LogP contribution in [-0.2, 0) is 0 Å². The molecule has 0 bridgehead atoms. The van der Waals surface area contributed by atoms with Gasteiger partial charge in [-0.1, -0.05) is 12.1 Å². The number of nitrogens with zero attached hydrogens (tertiary/aromatic N) is 3. The molecule has 1 fully saturated rings. The highest BCUT2D eigenvalue weighted by Crippen LogP contribution is 2.22. The summed E-state index contributed by atoms with van der Waals surface area (Å²) in [7, 11) is 2.19. The fourth-order valence-electron chi connectivity index (χ4n) is 2.81. The highest BCUT2D eigenvalue weighted by atomic mass is 16.4. The van der Waals surface area contributed by atoms with Gasteiger partial charge in [0.05, 0.1) is 0 Å². The van der Waals surface area contributed by atoms with E-state index in [2.05, 4.69) is 41.1 Å². The van der Waals surface area contributed by atoms with Gasteiger partial charge in [-0.25, -0.2) is 0 Å². The molecule has 0 spiro atoms. The first-order chi connectivity index (χ1) is 9.56. The van der Waals surface area contributed by atoms with Crippen LogP contribution in [0, 0.1) is 6.92 Å². The molecule has 0 saturated carbocycles. The van der Waals surface area contributed by atoms with E-state index < -0.39 is 0 Å². The van der Waals surface area contributed by atoms with Gasteiger partial charge >= 0.3 is 0 Å². The van der Waals surface area contributed by atoms with E-state index in [0.717, 1.165) is 37.2 Å². The van der Waals surface area contributed by atoms with Gasteiger partial charge < -0.3 is 15.8 Å². The maximum absolute atomic E-state index is 8.77. The average Bonchev–Trinajstić information content (AvgIpc) is 2.47. The van der Waals surface area contributed by atoms with Crippen LogP contribution in [0.5, 0.6) is 0 Å². The van der Waals surface area contributed by atoms with Crippen molar-refractivity contribution in [1.29, 1.82) is 0 Å². The van der Waals surface area contributed by atoms with Crippen molar-refractivity contribution >= 4 is 11.5 Å². The largest absolute Gasteiger partial charge is 0.409 e. The Morgan fingerprint density at radius 2 is 2.20 bits per heavy atom. The summed E-state index contributed by atoms with van der Waals surface area (Å²) in [5.74, 6) is 0.166. The zero-order valence-corrected chi connectivity index (χ0v) is 12.5. The molecule has 5 nitrogen and oxygen atoms in total. The summed E-state index contributed by atoms with van der Waals surface area (Å²) in [5.41, 5.74) is 8.70. The number of anilines is 1. The lowest BCUT2D eigenvalue weighted by atomic mass is 10.0. The standard InChI is InChI=1S/C15H24N4O/c1-4-12-10-19(8-7-18(12)3)13-5-6-14(11(2)9-13)15(16)17-20/h5-6,9,12,20H,4,7-8,10H2,1-3H3,(H2,16,17). The molecular formula is C15H24N4O. The summed E-state index contributed by atoms with van der Waals surface area (Å²) in [5, 5.41) is 11.8. The number of aryl methyl sites for hydroxylation is 1. The summed E-state index contributed by atoms with van der Waals surface area (Å²) in [6.07, 6.45) is 1.16. The lowest BCUT2D eigenvalue weighted by molar-refractivity contribution is 0.213. The van der Waals surface area contributed by atoms with Gasteiger partial charge in [0.1, 0.15) is 0 Å². The third-order valence-electron chi connectivity index (χ3n) is 4.21. The maximum Gasteiger partial charge on any atom is 0.170 e. The van der Waals surface area contributed by atoms with Crippen LogP contribution in [0.4, 0.5) is 5.69 Å². The van der Waals surface area contributed by atoms with Crippen molar-refractivity contribution in [3.8, 4) is 0 Å². The van der Waals surface area contributed by atoms with Crippen molar-refractivity contribution in [2.45, 2.75) is 26.3 Å². The van der Waals surface area contributed by atoms with E-state index in [1.807, 2.05) is 13.0 Å². The number of hydrogen-bond acceptors (Lipinski definition) is 4. The molecule has 5 heteroatoms. The second-order valence-electron chi connectivity index (χ2n) is 5.47. The Labute approximate surface area is 120 Å². The minimum atomic E-state index is 0.166. The normalized spacial score (nSPS) is 21.2. The fraction of sp³-hybridized carbons (Fsp3) is 0.533. The SMILES string of the molecule is CCC1CN(c2ccc(/C(N)=N/O)c(C)c2)CCN1C. The van der Waals surface area contributed by atoms with Crippen LogP contribution in [0.1, 0.15) is 24.5 Å². The molecular weight excluding hydrogens is 252 g/mol. The number of likely N-dealkylation sites (N-methyl/N-ethyl adjacent to an activating group) is 1. The zero-order valence-electron chi connectivity index (χ0n) is 12.5. The molecule has 1 heterocycles. The van der Waals surface area contributed by atoms with Crippen molar-refractivity contribution in [1.82, 2.24) is 4.90 Å². The highest BCUT2D eigenvalue weighted by Gasteiger charge is 2.23. The van der Waals surface area contributed by atoms with E-state index in [1.165, 1.54) is 5.69 Å². The van der Waals surface area contributed by atoms with Crippen LogP contribution in [0.3, 0.4) is 0 Å². The Kier molecular flexibility index (Phi) is 4.49. The minimum absolute atomic E-state index is 0.166. The van der Waals surface area contributed by atoms with E-state index in [9.17, 15) is 0 Å². The fourth-order valence-corrected chi connectivity index (χ4v) is 2.81. The second kappa shape index (κ2) is 6.13. The number of nitrogens with two attached hydrogens (primary N) is 1. The Morgan fingerprint density at radius 1 is 1.45 bits per heavy atom. The monoisotopic (exact) mass is 276 g/mol.